The summed E-state index contributed by atoms with van der Waals surface area (Å²) in [5.41, 5.74) is 1.23. The van der Waals surface area contributed by atoms with Crippen molar-refractivity contribution in [3.05, 3.63) is 72.3 Å². The molecule has 0 radical (unpaired) electrons. The first-order valence-electron chi connectivity index (χ1n) is 7.19. The van der Waals surface area contributed by atoms with Gasteiger partial charge in [0.25, 0.3) is 5.91 Å². The lowest BCUT2D eigenvalue weighted by Crippen LogP contribution is -2.26. The van der Waals surface area contributed by atoms with Gasteiger partial charge in [0.2, 0.25) is 0 Å². The van der Waals surface area contributed by atoms with E-state index in [1.807, 2.05) is 12.1 Å². The summed E-state index contributed by atoms with van der Waals surface area (Å²) in [4.78, 5) is 28.8. The van der Waals surface area contributed by atoms with E-state index in [9.17, 15) is 14.7 Å². The molecular weight excluding hydrogens is 324 g/mol. The first-order valence-corrected chi connectivity index (χ1v) is 8.18. The molecule has 120 valence electrons. The monoisotopic (exact) mass is 337 g/mol. The van der Waals surface area contributed by atoms with Crippen molar-refractivity contribution in [1.29, 1.82) is 0 Å². The summed E-state index contributed by atoms with van der Waals surface area (Å²) in [6.07, 6.45) is 1.72. The molecule has 6 heteroatoms. The fraction of sp³-hybridized carbons (Fsp3) is 0.0556. The lowest BCUT2D eigenvalue weighted by Gasteiger charge is -2.12. The maximum Gasteiger partial charge on any atom is 0.265 e. The zero-order valence-electron chi connectivity index (χ0n) is 12.6. The van der Waals surface area contributed by atoms with Crippen LogP contribution in [0.15, 0.2) is 66.3 Å². The molecule has 0 atom stereocenters. The molecular formula is C18H13N2O3S-. The third-order valence-corrected chi connectivity index (χ3v) is 4.38. The van der Waals surface area contributed by atoms with Gasteiger partial charge in [0.05, 0.1) is 17.0 Å². The molecule has 0 unspecified atom stereocenters. The molecule has 1 aromatic heterocycles. The molecule has 3 aromatic rings. The molecule has 0 amide bonds. The highest BCUT2D eigenvalue weighted by atomic mass is 32.2. The number of carbonyl (C=O) groups is 2. The van der Waals surface area contributed by atoms with Crippen LogP contribution < -0.4 is 5.11 Å². The minimum absolute atomic E-state index is 0.0705. The van der Waals surface area contributed by atoms with Crippen LogP contribution >= 0.6 is 11.8 Å². The smallest absolute Gasteiger partial charge is 0.265 e. The van der Waals surface area contributed by atoms with Crippen molar-refractivity contribution >= 4 is 34.7 Å². The second kappa shape index (κ2) is 6.72. The number of benzene rings is 2. The number of carbonyl (C=O) groups excluding carboxylic acids is 2. The third-order valence-electron chi connectivity index (χ3n) is 3.44. The number of carboxylic acids is 1. The molecule has 0 aliphatic heterocycles. The molecule has 0 fully saturated rings. The molecule has 3 rings (SSSR count). The van der Waals surface area contributed by atoms with Gasteiger partial charge in [-0.1, -0.05) is 48.2 Å². The zero-order chi connectivity index (χ0) is 17.1. The van der Waals surface area contributed by atoms with E-state index in [1.165, 1.54) is 28.5 Å². The third kappa shape index (κ3) is 2.83. The van der Waals surface area contributed by atoms with Crippen molar-refractivity contribution in [3.8, 4) is 0 Å². The van der Waals surface area contributed by atoms with Gasteiger partial charge in [0.1, 0.15) is 0 Å². The number of imidazole rings is 1. The standard InChI is InChI=1S/C18H14N2O3S/c1-2-11-24-18-19-14-9-5-6-10-15(14)20(18)16(21)12-7-3-4-8-13(12)17(22)23/h2-10H,1,11H2,(H,22,23)/p-1. The fourth-order valence-electron chi connectivity index (χ4n) is 2.40. The van der Waals surface area contributed by atoms with E-state index in [-0.39, 0.29) is 11.1 Å². The van der Waals surface area contributed by atoms with Gasteiger partial charge in [-0.15, -0.1) is 6.58 Å². The highest BCUT2D eigenvalue weighted by Gasteiger charge is 2.20. The summed E-state index contributed by atoms with van der Waals surface area (Å²) >= 11 is 1.36. The summed E-state index contributed by atoms with van der Waals surface area (Å²) in [6.45, 7) is 3.67. The first kappa shape index (κ1) is 16.0. The number of aromatic carboxylic acids is 1. The number of aromatic nitrogens is 2. The van der Waals surface area contributed by atoms with Crippen molar-refractivity contribution in [2.45, 2.75) is 5.16 Å². The van der Waals surface area contributed by atoms with Crippen LogP contribution in [0.25, 0.3) is 11.0 Å². The number of hydrogen-bond acceptors (Lipinski definition) is 5. The summed E-state index contributed by atoms with van der Waals surface area (Å²) in [5, 5.41) is 11.8. The summed E-state index contributed by atoms with van der Waals surface area (Å²) in [5.74, 6) is -1.25. The van der Waals surface area contributed by atoms with E-state index in [0.717, 1.165) is 0 Å². The molecule has 5 nitrogen and oxygen atoms in total. The molecule has 0 aliphatic rings. The maximum absolute atomic E-state index is 13.0. The van der Waals surface area contributed by atoms with E-state index >= 15 is 0 Å². The second-order valence-corrected chi connectivity index (χ2v) is 5.94. The Bertz CT molecular complexity index is 946. The van der Waals surface area contributed by atoms with E-state index in [4.69, 9.17) is 0 Å². The van der Waals surface area contributed by atoms with Crippen LogP contribution in [0.1, 0.15) is 20.7 Å². The highest BCUT2D eigenvalue weighted by Crippen LogP contribution is 2.26. The number of thioether (sulfide) groups is 1. The Balaban J connectivity index is 2.19. The predicted octanol–water partition coefficient (Wildman–Crippen LogP) is 2.37. The quantitative estimate of drug-likeness (QED) is 0.528. The zero-order valence-corrected chi connectivity index (χ0v) is 13.5. The van der Waals surface area contributed by atoms with Gasteiger partial charge < -0.3 is 9.90 Å². The van der Waals surface area contributed by atoms with Crippen molar-refractivity contribution in [2.24, 2.45) is 0 Å². The van der Waals surface area contributed by atoms with Crippen LogP contribution in [0.4, 0.5) is 0 Å². The number of carboxylic acid groups (broad SMARTS) is 1. The van der Waals surface area contributed by atoms with E-state index in [2.05, 4.69) is 11.6 Å². The lowest BCUT2D eigenvalue weighted by atomic mass is 10.1. The van der Waals surface area contributed by atoms with Crippen molar-refractivity contribution < 1.29 is 14.7 Å². The van der Waals surface area contributed by atoms with Crippen molar-refractivity contribution in [3.63, 3.8) is 0 Å². The van der Waals surface area contributed by atoms with E-state index in [0.29, 0.717) is 21.9 Å². The molecule has 1 heterocycles. The van der Waals surface area contributed by atoms with E-state index < -0.39 is 11.9 Å². The molecule has 0 saturated carbocycles. The molecule has 24 heavy (non-hydrogen) atoms. The highest BCUT2D eigenvalue weighted by molar-refractivity contribution is 7.99. The minimum Gasteiger partial charge on any atom is -0.545 e. The Morgan fingerprint density at radius 2 is 1.79 bits per heavy atom. The Morgan fingerprint density at radius 3 is 2.50 bits per heavy atom. The van der Waals surface area contributed by atoms with Crippen molar-refractivity contribution in [1.82, 2.24) is 9.55 Å². The Morgan fingerprint density at radius 1 is 1.12 bits per heavy atom. The largest absolute Gasteiger partial charge is 0.545 e. The van der Waals surface area contributed by atoms with Gasteiger partial charge in [0, 0.05) is 16.9 Å². The predicted molar refractivity (Wildman–Crippen MR) is 91.2 cm³/mol. The number of hydrogen-bond donors (Lipinski definition) is 0. The van der Waals surface area contributed by atoms with Crippen LogP contribution in [0.5, 0.6) is 0 Å². The van der Waals surface area contributed by atoms with Crippen LogP contribution in [0.2, 0.25) is 0 Å². The van der Waals surface area contributed by atoms with Crippen LogP contribution in [0, 0.1) is 0 Å². The average Bonchev–Trinajstić information content (AvgIpc) is 2.97. The number of fused-ring (bicyclic) bond motifs is 1. The Kier molecular flexibility index (Phi) is 4.48. The van der Waals surface area contributed by atoms with Crippen molar-refractivity contribution in [2.75, 3.05) is 5.75 Å². The number of nitrogens with zero attached hydrogens (tertiary/aromatic N) is 2. The normalized spacial score (nSPS) is 10.7. The number of rotatable bonds is 5. The topological polar surface area (TPSA) is 75.0 Å². The van der Waals surface area contributed by atoms with Gasteiger partial charge in [-0.3, -0.25) is 9.36 Å². The SMILES string of the molecule is C=CCSc1nc2ccccc2n1C(=O)c1ccccc1C(=O)[O-]. The van der Waals surface area contributed by atoms with Gasteiger partial charge >= 0.3 is 0 Å². The summed E-state index contributed by atoms with van der Waals surface area (Å²) < 4.78 is 1.44. The molecule has 2 aromatic carbocycles. The average molecular weight is 337 g/mol. The summed E-state index contributed by atoms with van der Waals surface area (Å²) in [6, 6.07) is 13.2. The van der Waals surface area contributed by atoms with Gasteiger partial charge in [-0.05, 0) is 18.2 Å². The number of para-hydroxylation sites is 2. The Labute approximate surface area is 142 Å². The van der Waals surface area contributed by atoms with Gasteiger partial charge in [-0.25, -0.2) is 4.98 Å². The van der Waals surface area contributed by atoms with Crippen LogP contribution in [0.3, 0.4) is 0 Å². The maximum atomic E-state index is 13.0. The molecule has 0 aliphatic carbocycles. The second-order valence-electron chi connectivity index (χ2n) is 4.96. The summed E-state index contributed by atoms with van der Waals surface area (Å²) in [7, 11) is 0. The molecule has 0 spiro atoms. The van der Waals surface area contributed by atoms with Gasteiger partial charge in [0.15, 0.2) is 5.16 Å². The first-order chi connectivity index (χ1) is 11.6. The molecule has 0 N–H and O–H groups in total. The van der Waals surface area contributed by atoms with Crippen LogP contribution in [-0.2, 0) is 0 Å². The van der Waals surface area contributed by atoms with Gasteiger partial charge in [-0.2, -0.15) is 0 Å². The lowest BCUT2D eigenvalue weighted by molar-refractivity contribution is -0.255. The van der Waals surface area contributed by atoms with E-state index in [1.54, 1.807) is 30.3 Å². The molecule has 0 saturated heterocycles. The molecule has 0 bridgehead atoms. The van der Waals surface area contributed by atoms with Crippen LogP contribution in [-0.4, -0.2) is 27.2 Å². The fourth-order valence-corrected chi connectivity index (χ4v) is 3.14. The minimum atomic E-state index is -1.39. The Hall–Kier alpha value is -2.86.